The Labute approximate surface area is 229 Å². The number of nitrogens with one attached hydrogen (secondary N) is 3. The Kier molecular flexibility index (Phi) is 6.40. The third-order valence-corrected chi connectivity index (χ3v) is 8.16. The Morgan fingerprint density at radius 3 is 2.54 bits per heavy atom. The van der Waals surface area contributed by atoms with Crippen LogP contribution >= 0.6 is 11.3 Å². The first-order chi connectivity index (χ1) is 18.9. The summed E-state index contributed by atoms with van der Waals surface area (Å²) in [6.07, 6.45) is 4.16. The molecule has 1 aliphatic carbocycles. The van der Waals surface area contributed by atoms with E-state index < -0.39 is 0 Å². The molecule has 0 saturated heterocycles. The lowest BCUT2D eigenvalue weighted by atomic mass is 10.1. The fourth-order valence-electron chi connectivity index (χ4n) is 5.35. The van der Waals surface area contributed by atoms with Crippen molar-refractivity contribution in [3.63, 3.8) is 0 Å². The molecule has 0 spiro atoms. The number of amides is 4. The van der Waals surface area contributed by atoms with Crippen molar-refractivity contribution in [2.75, 3.05) is 10.2 Å². The maximum Gasteiger partial charge on any atom is 0.331 e. The van der Waals surface area contributed by atoms with Crippen molar-refractivity contribution >= 4 is 56.5 Å². The third-order valence-electron chi connectivity index (χ3n) is 7.06. The van der Waals surface area contributed by atoms with E-state index in [2.05, 4.69) is 20.9 Å². The van der Waals surface area contributed by atoms with Gasteiger partial charge < -0.3 is 20.7 Å². The van der Waals surface area contributed by atoms with E-state index in [1.165, 1.54) is 18.3 Å². The molecule has 198 valence electrons. The molecule has 1 unspecified atom stereocenters. The van der Waals surface area contributed by atoms with Crippen LogP contribution in [0.5, 0.6) is 11.5 Å². The van der Waals surface area contributed by atoms with Crippen LogP contribution in [0.15, 0.2) is 60.8 Å². The highest BCUT2D eigenvalue weighted by atomic mass is 32.1. The molecular formula is C29H27N5O4S. The fourth-order valence-corrected chi connectivity index (χ4v) is 6.37. The first kappa shape index (κ1) is 24.9. The number of para-hydroxylation sites is 1. The molecule has 3 N–H and O–H groups in total. The van der Waals surface area contributed by atoms with E-state index in [1.54, 1.807) is 17.2 Å². The number of aromatic nitrogens is 1. The lowest BCUT2D eigenvalue weighted by Crippen LogP contribution is -2.48. The maximum absolute atomic E-state index is 13.5. The molecule has 2 atom stereocenters. The zero-order valence-electron chi connectivity index (χ0n) is 21.5. The minimum absolute atomic E-state index is 0.104. The van der Waals surface area contributed by atoms with Crippen molar-refractivity contribution in [2.45, 2.75) is 45.2 Å². The first-order valence-corrected chi connectivity index (χ1v) is 13.6. The lowest BCUT2D eigenvalue weighted by molar-refractivity contribution is -0.119. The number of anilines is 3. The molecule has 1 aliphatic heterocycles. The molecule has 0 radical (unpaired) electrons. The Bertz CT molecular complexity index is 1600. The van der Waals surface area contributed by atoms with E-state index in [0.29, 0.717) is 32.5 Å². The number of ether oxygens (including phenoxy) is 1. The van der Waals surface area contributed by atoms with Gasteiger partial charge in [-0.25, -0.2) is 9.78 Å². The van der Waals surface area contributed by atoms with Crippen LogP contribution in [0.25, 0.3) is 10.2 Å². The number of hydrogen-bond donors (Lipinski definition) is 3. The molecule has 2 aromatic heterocycles. The van der Waals surface area contributed by atoms with Gasteiger partial charge in [0.25, 0.3) is 5.91 Å². The maximum atomic E-state index is 13.5. The minimum Gasteiger partial charge on any atom is -0.457 e. The summed E-state index contributed by atoms with van der Waals surface area (Å²) in [5, 5.41) is 9.67. The van der Waals surface area contributed by atoms with Gasteiger partial charge in [-0.1, -0.05) is 18.2 Å². The highest BCUT2D eigenvalue weighted by molar-refractivity contribution is 7.21. The topological polar surface area (TPSA) is 113 Å². The van der Waals surface area contributed by atoms with Crippen LogP contribution in [0, 0.1) is 6.92 Å². The van der Waals surface area contributed by atoms with E-state index in [-0.39, 0.29) is 29.9 Å². The fraction of sp³-hybridized carbons (Fsp3) is 0.241. The van der Waals surface area contributed by atoms with Gasteiger partial charge >= 0.3 is 6.03 Å². The number of rotatable bonds is 6. The normalized spacial score (nSPS) is 18.1. The van der Waals surface area contributed by atoms with Gasteiger partial charge in [-0.3, -0.25) is 14.5 Å². The molecule has 6 rings (SSSR count). The number of carbonyl (C=O) groups is 3. The average Bonchev–Trinajstić information content (AvgIpc) is 3.50. The van der Waals surface area contributed by atoms with Crippen molar-refractivity contribution in [1.29, 1.82) is 0 Å². The average molecular weight is 542 g/mol. The second-order valence-corrected chi connectivity index (χ2v) is 10.8. The second-order valence-electron chi connectivity index (χ2n) is 9.76. The van der Waals surface area contributed by atoms with Gasteiger partial charge in [0, 0.05) is 25.2 Å². The number of carbonyl (C=O) groups excluding carboxylic acids is 3. The van der Waals surface area contributed by atoms with E-state index in [9.17, 15) is 14.4 Å². The van der Waals surface area contributed by atoms with Crippen molar-refractivity contribution < 1.29 is 19.1 Å². The molecule has 1 saturated carbocycles. The standard InChI is InChI=1S/C29H27N5O4S/c1-16-15-19(38-18-7-4-3-5-8-18)11-12-22(16)34-23-13-14-30-28-24(23)25(33-29(34)37)26(39-28)27(36)32-21-10-6-9-20(21)31-17(2)35/h3-5,7-8,11-15,20-21H,6,9-10H2,1-2H3,(H,31,35)(H,32,36)(H,33,37)/t20-,21?/m0/s1. The van der Waals surface area contributed by atoms with Gasteiger partial charge in [0.05, 0.1) is 22.4 Å². The van der Waals surface area contributed by atoms with Crippen LogP contribution < -0.4 is 25.6 Å². The predicted molar refractivity (Wildman–Crippen MR) is 151 cm³/mol. The predicted octanol–water partition coefficient (Wildman–Crippen LogP) is 5.87. The number of nitrogens with zero attached hydrogens (tertiary/aromatic N) is 2. The number of pyridine rings is 1. The summed E-state index contributed by atoms with van der Waals surface area (Å²) in [6.45, 7) is 3.40. The number of benzene rings is 2. The summed E-state index contributed by atoms with van der Waals surface area (Å²) in [4.78, 5) is 45.6. The lowest BCUT2D eigenvalue weighted by Gasteiger charge is -2.29. The molecule has 3 heterocycles. The highest BCUT2D eigenvalue weighted by Gasteiger charge is 2.35. The molecule has 9 nitrogen and oxygen atoms in total. The second kappa shape index (κ2) is 10.0. The summed E-state index contributed by atoms with van der Waals surface area (Å²) in [5.41, 5.74) is 2.68. The van der Waals surface area contributed by atoms with Crippen molar-refractivity contribution in [2.24, 2.45) is 0 Å². The SMILES string of the molecule is CC(=O)N[C@H]1CCCC1NC(=O)c1sc2nccc3c2c1NC(=O)N3c1ccc(Oc2ccccc2)cc1C. The molecule has 39 heavy (non-hydrogen) atoms. The molecule has 0 bridgehead atoms. The van der Waals surface area contributed by atoms with E-state index in [4.69, 9.17) is 4.74 Å². The van der Waals surface area contributed by atoms with Crippen LogP contribution in [0.2, 0.25) is 0 Å². The first-order valence-electron chi connectivity index (χ1n) is 12.8. The van der Waals surface area contributed by atoms with Crippen molar-refractivity contribution in [1.82, 2.24) is 15.6 Å². The van der Waals surface area contributed by atoms with Crippen molar-refractivity contribution in [3.8, 4) is 11.5 Å². The van der Waals surface area contributed by atoms with Gasteiger partial charge in [-0.2, -0.15) is 0 Å². The summed E-state index contributed by atoms with van der Waals surface area (Å²) >= 11 is 1.24. The van der Waals surface area contributed by atoms with Crippen LogP contribution in [-0.4, -0.2) is 34.9 Å². The monoisotopic (exact) mass is 541 g/mol. The summed E-state index contributed by atoms with van der Waals surface area (Å²) in [6, 6.07) is 16.2. The minimum atomic E-state index is -0.362. The Balaban J connectivity index is 1.31. The number of hydrogen-bond acceptors (Lipinski definition) is 6. The summed E-state index contributed by atoms with van der Waals surface area (Å²) < 4.78 is 5.96. The molecule has 4 amide bonds. The van der Waals surface area contributed by atoms with Gasteiger partial charge in [0.1, 0.15) is 21.2 Å². The van der Waals surface area contributed by atoms with Gasteiger partial charge in [0.15, 0.2) is 0 Å². The number of urea groups is 1. The molecule has 4 aromatic rings. The van der Waals surface area contributed by atoms with Crippen LogP contribution in [0.1, 0.15) is 41.4 Å². The van der Waals surface area contributed by atoms with Crippen LogP contribution in [0.3, 0.4) is 0 Å². The number of aryl methyl sites for hydroxylation is 1. The van der Waals surface area contributed by atoms with Gasteiger partial charge in [0.2, 0.25) is 5.91 Å². The molecule has 1 fully saturated rings. The largest absolute Gasteiger partial charge is 0.457 e. The Morgan fingerprint density at radius 1 is 1.03 bits per heavy atom. The molecule has 2 aromatic carbocycles. The zero-order valence-corrected chi connectivity index (χ0v) is 22.3. The van der Waals surface area contributed by atoms with E-state index in [0.717, 1.165) is 36.0 Å². The molecular weight excluding hydrogens is 514 g/mol. The van der Waals surface area contributed by atoms with Crippen LogP contribution in [-0.2, 0) is 4.79 Å². The quantitative estimate of drug-likeness (QED) is 0.283. The summed E-state index contributed by atoms with van der Waals surface area (Å²) in [5.74, 6) is 0.994. The molecule has 10 heteroatoms. The smallest absolute Gasteiger partial charge is 0.331 e. The zero-order chi connectivity index (χ0) is 27.1. The van der Waals surface area contributed by atoms with E-state index >= 15 is 0 Å². The third kappa shape index (κ3) is 4.67. The highest BCUT2D eigenvalue weighted by Crippen LogP contribution is 2.46. The van der Waals surface area contributed by atoms with Gasteiger partial charge in [-0.05, 0) is 68.1 Å². The van der Waals surface area contributed by atoms with Gasteiger partial charge in [-0.15, -0.1) is 11.3 Å². The molecule has 2 aliphatic rings. The van der Waals surface area contributed by atoms with Crippen molar-refractivity contribution in [3.05, 3.63) is 71.2 Å². The Morgan fingerprint density at radius 2 is 1.79 bits per heavy atom. The number of thiophene rings is 1. The summed E-state index contributed by atoms with van der Waals surface area (Å²) in [7, 11) is 0. The van der Waals surface area contributed by atoms with E-state index in [1.807, 2.05) is 55.5 Å². The van der Waals surface area contributed by atoms with Crippen LogP contribution in [0.4, 0.5) is 21.9 Å². The Hall–Kier alpha value is -4.44.